The van der Waals surface area contributed by atoms with E-state index in [2.05, 4.69) is 27.1 Å². The summed E-state index contributed by atoms with van der Waals surface area (Å²) in [6.07, 6.45) is 1.04. The van der Waals surface area contributed by atoms with Crippen molar-refractivity contribution in [2.45, 2.75) is 33.2 Å². The molecular formula is C28H34FN7O2. The highest BCUT2D eigenvalue weighted by Gasteiger charge is 2.31. The zero-order valence-electron chi connectivity index (χ0n) is 22.2. The largest absolute Gasteiger partial charge is 0.324 e. The second-order valence-corrected chi connectivity index (χ2v) is 10.1. The molecule has 5 rings (SSSR count). The van der Waals surface area contributed by atoms with Gasteiger partial charge in [0.05, 0.1) is 17.1 Å². The van der Waals surface area contributed by atoms with Crippen LogP contribution in [0.4, 0.5) is 16.0 Å². The minimum atomic E-state index is -0.497. The second-order valence-electron chi connectivity index (χ2n) is 10.1. The summed E-state index contributed by atoms with van der Waals surface area (Å²) >= 11 is 0. The Kier molecular flexibility index (Phi) is 7.53. The van der Waals surface area contributed by atoms with Crippen LogP contribution in [0, 0.1) is 12.7 Å². The number of benzene rings is 1. The molecule has 0 bridgehead atoms. The number of nitrogens with zero attached hydrogens (tertiary/aromatic N) is 6. The molecule has 2 aliphatic rings. The molecule has 2 aromatic heterocycles. The highest BCUT2D eigenvalue weighted by molar-refractivity contribution is 5.94. The first-order valence-electron chi connectivity index (χ1n) is 13.1. The summed E-state index contributed by atoms with van der Waals surface area (Å²) in [7, 11) is 2.12. The number of piperazine rings is 1. The number of aryl methyl sites for hydroxylation is 1. The SMILES string of the molecule is CC(=O)N1CCn2c1nc(-c1cccc(C)n1)c2-c1ccc(F)c(NC(=O)CCCN2CCN(C)CC2)c1. The van der Waals surface area contributed by atoms with Gasteiger partial charge in [0.2, 0.25) is 17.8 Å². The standard InChI is InChI=1S/C28H34FN7O2/c1-19-6-4-7-23(30-19)26-27(36-17-16-35(20(2)37)28(36)32-26)21-9-10-22(29)24(18-21)31-25(38)8-5-11-34-14-12-33(3)13-15-34/h4,6-7,9-10,18H,5,8,11-17H2,1-3H3,(H,31,38). The quantitative estimate of drug-likeness (QED) is 0.515. The van der Waals surface area contributed by atoms with E-state index in [1.807, 2.05) is 29.7 Å². The Hall–Kier alpha value is -3.63. The summed E-state index contributed by atoms with van der Waals surface area (Å²) in [6.45, 7) is 9.44. The highest BCUT2D eigenvalue weighted by atomic mass is 19.1. The number of carbonyl (C=O) groups is 2. The number of likely N-dealkylation sites (N-methyl/N-ethyl adjacent to an activating group) is 1. The summed E-state index contributed by atoms with van der Waals surface area (Å²) in [5, 5.41) is 2.77. The van der Waals surface area contributed by atoms with Gasteiger partial charge in [0.1, 0.15) is 11.5 Å². The summed E-state index contributed by atoms with van der Waals surface area (Å²) in [5.41, 5.74) is 3.70. The maximum atomic E-state index is 14.8. The summed E-state index contributed by atoms with van der Waals surface area (Å²) < 4.78 is 16.8. The lowest BCUT2D eigenvalue weighted by molar-refractivity contribution is -0.117. The van der Waals surface area contributed by atoms with Crippen LogP contribution in [0.25, 0.3) is 22.6 Å². The summed E-state index contributed by atoms with van der Waals surface area (Å²) in [6, 6.07) is 10.4. The van der Waals surface area contributed by atoms with Crippen LogP contribution in [0.3, 0.4) is 0 Å². The lowest BCUT2D eigenvalue weighted by Crippen LogP contribution is -2.44. The second kappa shape index (κ2) is 11.0. The number of fused-ring (bicyclic) bond motifs is 1. The van der Waals surface area contributed by atoms with E-state index in [9.17, 15) is 14.0 Å². The third-order valence-corrected chi connectivity index (χ3v) is 7.24. The Morgan fingerprint density at radius 1 is 1.03 bits per heavy atom. The van der Waals surface area contributed by atoms with Crippen molar-refractivity contribution in [2.75, 3.05) is 56.5 Å². The smallest absolute Gasteiger partial charge is 0.226 e. The monoisotopic (exact) mass is 519 g/mol. The molecule has 38 heavy (non-hydrogen) atoms. The first-order chi connectivity index (χ1) is 18.3. The fraction of sp³-hybridized carbons (Fsp3) is 0.429. The average Bonchev–Trinajstić information content (AvgIpc) is 3.46. The molecule has 200 valence electrons. The molecule has 10 heteroatoms. The van der Waals surface area contributed by atoms with E-state index in [0.29, 0.717) is 42.4 Å². The van der Waals surface area contributed by atoms with Gasteiger partial charge in [0, 0.05) is 63.9 Å². The lowest BCUT2D eigenvalue weighted by atomic mass is 10.1. The Morgan fingerprint density at radius 3 is 2.55 bits per heavy atom. The lowest BCUT2D eigenvalue weighted by Gasteiger charge is -2.32. The first kappa shape index (κ1) is 26.0. The van der Waals surface area contributed by atoms with Crippen LogP contribution in [0.15, 0.2) is 36.4 Å². The number of halogens is 1. The predicted octanol–water partition coefficient (Wildman–Crippen LogP) is 3.39. The van der Waals surface area contributed by atoms with Gasteiger partial charge in [-0.05, 0) is 57.3 Å². The van der Waals surface area contributed by atoms with Crippen LogP contribution in [0.5, 0.6) is 0 Å². The van der Waals surface area contributed by atoms with Gasteiger partial charge < -0.3 is 19.7 Å². The van der Waals surface area contributed by atoms with Crippen molar-refractivity contribution in [1.29, 1.82) is 0 Å². The molecule has 0 spiro atoms. The number of hydrogen-bond donors (Lipinski definition) is 1. The van der Waals surface area contributed by atoms with Crippen molar-refractivity contribution in [3.63, 3.8) is 0 Å². The highest BCUT2D eigenvalue weighted by Crippen LogP contribution is 2.38. The molecule has 1 fully saturated rings. The molecule has 0 atom stereocenters. The van der Waals surface area contributed by atoms with E-state index >= 15 is 0 Å². The van der Waals surface area contributed by atoms with Crippen molar-refractivity contribution >= 4 is 23.5 Å². The summed E-state index contributed by atoms with van der Waals surface area (Å²) in [5.74, 6) is -0.253. The predicted molar refractivity (Wildman–Crippen MR) is 145 cm³/mol. The number of nitrogens with one attached hydrogen (secondary N) is 1. The van der Waals surface area contributed by atoms with E-state index < -0.39 is 5.82 Å². The van der Waals surface area contributed by atoms with Crippen LogP contribution >= 0.6 is 0 Å². The molecule has 0 saturated carbocycles. The molecule has 1 aromatic carbocycles. The molecule has 9 nitrogen and oxygen atoms in total. The van der Waals surface area contributed by atoms with Crippen LogP contribution in [-0.4, -0.2) is 82.5 Å². The minimum Gasteiger partial charge on any atom is -0.324 e. The molecule has 0 unspecified atom stereocenters. The van der Waals surface area contributed by atoms with E-state index in [0.717, 1.165) is 50.5 Å². The topological polar surface area (TPSA) is 86.6 Å². The molecule has 1 saturated heterocycles. The molecule has 0 aliphatic carbocycles. The van der Waals surface area contributed by atoms with Gasteiger partial charge in [0.25, 0.3) is 0 Å². The van der Waals surface area contributed by atoms with Crippen LogP contribution < -0.4 is 10.2 Å². The van der Waals surface area contributed by atoms with Crippen molar-refractivity contribution in [3.05, 3.63) is 47.9 Å². The zero-order chi connectivity index (χ0) is 26.8. The minimum absolute atomic E-state index is 0.0901. The van der Waals surface area contributed by atoms with Crippen LogP contribution in [0.2, 0.25) is 0 Å². The fourth-order valence-electron chi connectivity index (χ4n) is 5.12. The first-order valence-corrected chi connectivity index (χ1v) is 13.1. The van der Waals surface area contributed by atoms with Crippen molar-refractivity contribution in [2.24, 2.45) is 0 Å². The number of hydrogen-bond acceptors (Lipinski definition) is 6. The number of imidazole rings is 1. The van der Waals surface area contributed by atoms with Crippen LogP contribution in [0.1, 0.15) is 25.5 Å². The van der Waals surface area contributed by atoms with E-state index in [1.165, 1.54) is 13.0 Å². The van der Waals surface area contributed by atoms with Gasteiger partial charge in [-0.25, -0.2) is 9.37 Å². The van der Waals surface area contributed by atoms with E-state index in [-0.39, 0.29) is 17.5 Å². The Labute approximate surface area is 222 Å². The molecule has 2 amide bonds. The summed E-state index contributed by atoms with van der Waals surface area (Å²) in [4.78, 5) is 40.7. The number of rotatable bonds is 7. The Balaban J connectivity index is 1.39. The number of amides is 2. The molecule has 3 aromatic rings. The third kappa shape index (κ3) is 5.46. The van der Waals surface area contributed by atoms with Crippen molar-refractivity contribution in [1.82, 2.24) is 24.3 Å². The molecular weight excluding hydrogens is 485 g/mol. The van der Waals surface area contributed by atoms with Gasteiger partial charge in [0.15, 0.2) is 0 Å². The maximum Gasteiger partial charge on any atom is 0.226 e. The van der Waals surface area contributed by atoms with Gasteiger partial charge in [-0.1, -0.05) is 6.07 Å². The maximum absolute atomic E-state index is 14.8. The molecule has 2 aliphatic heterocycles. The zero-order valence-corrected chi connectivity index (χ0v) is 22.2. The Morgan fingerprint density at radius 2 is 1.82 bits per heavy atom. The number of aromatic nitrogens is 3. The fourth-order valence-corrected chi connectivity index (χ4v) is 5.12. The van der Waals surface area contributed by atoms with Gasteiger partial charge in [-0.2, -0.15) is 0 Å². The average molecular weight is 520 g/mol. The molecule has 4 heterocycles. The van der Waals surface area contributed by atoms with E-state index in [1.54, 1.807) is 17.0 Å². The van der Waals surface area contributed by atoms with Gasteiger partial charge >= 0.3 is 0 Å². The van der Waals surface area contributed by atoms with Gasteiger partial charge in [-0.3, -0.25) is 19.5 Å². The third-order valence-electron chi connectivity index (χ3n) is 7.24. The van der Waals surface area contributed by atoms with E-state index in [4.69, 9.17) is 4.98 Å². The van der Waals surface area contributed by atoms with Crippen molar-refractivity contribution < 1.29 is 14.0 Å². The molecule has 1 N–H and O–H groups in total. The van der Waals surface area contributed by atoms with Gasteiger partial charge in [-0.15, -0.1) is 0 Å². The van der Waals surface area contributed by atoms with Crippen molar-refractivity contribution in [3.8, 4) is 22.6 Å². The van der Waals surface area contributed by atoms with Crippen LogP contribution in [-0.2, 0) is 16.1 Å². The Bertz CT molecular complexity index is 1350. The molecule has 0 radical (unpaired) electrons. The number of anilines is 2. The number of carbonyl (C=O) groups excluding carboxylic acids is 2. The normalized spacial score (nSPS) is 16.1. The number of pyridine rings is 1.